The van der Waals surface area contributed by atoms with Crippen molar-refractivity contribution in [2.24, 2.45) is 0 Å². The molecule has 2 heterocycles. The van der Waals surface area contributed by atoms with E-state index in [0.717, 1.165) is 13.1 Å². The number of amides is 3. The number of nitrogens with zero attached hydrogens (tertiary/aromatic N) is 1. The van der Waals surface area contributed by atoms with Gasteiger partial charge in [0.05, 0.1) is 30.8 Å². The van der Waals surface area contributed by atoms with E-state index < -0.39 is 0 Å². The molecule has 2 aromatic carbocycles. The van der Waals surface area contributed by atoms with Gasteiger partial charge in [-0.25, -0.2) is 0 Å². The highest BCUT2D eigenvalue weighted by molar-refractivity contribution is 6.21. The Morgan fingerprint density at radius 3 is 2.17 bits per heavy atom. The summed E-state index contributed by atoms with van der Waals surface area (Å²) in [7, 11) is 0. The Balaban J connectivity index is 1.28. The molecule has 1 saturated heterocycles. The zero-order valence-corrected chi connectivity index (χ0v) is 17.1. The molecular weight excluding hydrogens is 378 g/mol. The van der Waals surface area contributed by atoms with Gasteiger partial charge in [-0.3, -0.25) is 19.3 Å². The van der Waals surface area contributed by atoms with Gasteiger partial charge >= 0.3 is 0 Å². The molecule has 30 heavy (non-hydrogen) atoms. The second-order valence-electron chi connectivity index (χ2n) is 8.04. The summed E-state index contributed by atoms with van der Waals surface area (Å²) in [6.45, 7) is 3.13. The van der Waals surface area contributed by atoms with Crippen LogP contribution < -0.4 is 10.2 Å². The van der Waals surface area contributed by atoms with Gasteiger partial charge in [-0.15, -0.1) is 0 Å². The standard InChI is InChI=1S/C24H27N3O3/c28-22(13-8-16-27-23(29)19-11-4-5-12-20(19)24(27)30)25-17-21(26-14-6-7-15-26)18-9-2-1-3-10-18/h1-5,9-12,21H,6-8,13-17H2,(H,25,28)/p+1/t21-/m1/s1. The monoisotopic (exact) mass is 406 g/mol. The summed E-state index contributed by atoms with van der Waals surface area (Å²) in [5.74, 6) is -0.568. The summed E-state index contributed by atoms with van der Waals surface area (Å²) in [5, 5.41) is 3.07. The molecule has 0 bridgehead atoms. The minimum Gasteiger partial charge on any atom is -0.350 e. The number of benzene rings is 2. The molecule has 0 unspecified atom stereocenters. The molecule has 1 atom stereocenters. The maximum Gasteiger partial charge on any atom is 0.261 e. The lowest BCUT2D eigenvalue weighted by molar-refractivity contribution is -0.918. The van der Waals surface area contributed by atoms with E-state index in [0.29, 0.717) is 30.5 Å². The van der Waals surface area contributed by atoms with E-state index in [1.807, 2.05) is 18.2 Å². The van der Waals surface area contributed by atoms with Crippen LogP contribution in [0.15, 0.2) is 54.6 Å². The Morgan fingerprint density at radius 1 is 0.933 bits per heavy atom. The summed E-state index contributed by atoms with van der Waals surface area (Å²) in [6, 6.07) is 17.5. The molecule has 1 fully saturated rings. The van der Waals surface area contributed by atoms with Gasteiger partial charge in [-0.2, -0.15) is 0 Å². The number of rotatable bonds is 8. The molecule has 3 amide bonds. The summed E-state index contributed by atoms with van der Waals surface area (Å²) >= 11 is 0. The van der Waals surface area contributed by atoms with Gasteiger partial charge in [-0.05, 0) is 18.6 Å². The van der Waals surface area contributed by atoms with Crippen LogP contribution in [0.2, 0.25) is 0 Å². The molecule has 4 rings (SSSR count). The van der Waals surface area contributed by atoms with E-state index in [1.165, 1.54) is 28.2 Å². The Bertz CT molecular complexity index is 887. The lowest BCUT2D eigenvalue weighted by Gasteiger charge is -2.25. The number of quaternary nitrogens is 1. The summed E-state index contributed by atoms with van der Waals surface area (Å²) in [4.78, 5) is 40.0. The van der Waals surface area contributed by atoms with Gasteiger partial charge in [-0.1, -0.05) is 42.5 Å². The number of hydrogen-bond acceptors (Lipinski definition) is 3. The second kappa shape index (κ2) is 9.22. The van der Waals surface area contributed by atoms with E-state index >= 15 is 0 Å². The van der Waals surface area contributed by atoms with Crippen LogP contribution in [0, 0.1) is 0 Å². The van der Waals surface area contributed by atoms with E-state index in [1.54, 1.807) is 24.3 Å². The molecule has 0 saturated carbocycles. The first-order valence-corrected chi connectivity index (χ1v) is 10.8. The molecule has 0 radical (unpaired) electrons. The van der Waals surface area contributed by atoms with Gasteiger partial charge in [0.25, 0.3) is 11.8 Å². The van der Waals surface area contributed by atoms with Crippen LogP contribution in [0.1, 0.15) is 58.0 Å². The maximum atomic E-state index is 12.4. The van der Waals surface area contributed by atoms with Crippen molar-refractivity contribution < 1.29 is 19.3 Å². The number of carbonyl (C=O) groups excluding carboxylic acids is 3. The van der Waals surface area contributed by atoms with Crippen LogP contribution in [0.4, 0.5) is 0 Å². The first kappa shape index (κ1) is 20.3. The smallest absolute Gasteiger partial charge is 0.261 e. The molecule has 0 aliphatic carbocycles. The first-order valence-electron chi connectivity index (χ1n) is 10.8. The molecule has 6 heteroatoms. The average molecular weight is 407 g/mol. The lowest BCUT2D eigenvalue weighted by Crippen LogP contribution is -3.11. The fourth-order valence-corrected chi connectivity index (χ4v) is 4.51. The largest absolute Gasteiger partial charge is 0.350 e. The number of hydrogen-bond donors (Lipinski definition) is 2. The van der Waals surface area contributed by atoms with Crippen molar-refractivity contribution in [3.8, 4) is 0 Å². The predicted molar refractivity (Wildman–Crippen MR) is 113 cm³/mol. The SMILES string of the molecule is O=C(CCCN1C(=O)c2ccccc2C1=O)NC[C@H](c1ccccc1)[NH+]1CCCC1. The molecule has 2 N–H and O–H groups in total. The highest BCUT2D eigenvalue weighted by Gasteiger charge is 2.34. The minimum absolute atomic E-state index is 0.0360. The third-order valence-corrected chi connectivity index (χ3v) is 6.11. The Labute approximate surface area is 176 Å². The van der Waals surface area contributed by atoms with E-state index in [2.05, 4.69) is 17.4 Å². The zero-order valence-electron chi connectivity index (χ0n) is 17.1. The third kappa shape index (κ3) is 4.28. The van der Waals surface area contributed by atoms with Gasteiger partial charge < -0.3 is 10.2 Å². The average Bonchev–Trinajstić information content (AvgIpc) is 3.38. The number of fused-ring (bicyclic) bond motifs is 1. The molecule has 2 aliphatic heterocycles. The van der Waals surface area contributed by atoms with Gasteiger partial charge in [0.1, 0.15) is 6.04 Å². The van der Waals surface area contributed by atoms with Crippen LogP contribution in [-0.4, -0.2) is 48.8 Å². The van der Waals surface area contributed by atoms with Gasteiger partial charge in [0.15, 0.2) is 0 Å². The third-order valence-electron chi connectivity index (χ3n) is 6.11. The highest BCUT2D eigenvalue weighted by atomic mass is 16.2. The Morgan fingerprint density at radius 2 is 1.53 bits per heavy atom. The maximum absolute atomic E-state index is 12.4. The number of nitrogens with one attached hydrogen (secondary N) is 2. The molecule has 156 valence electrons. The fraction of sp³-hybridized carbons (Fsp3) is 0.375. The summed E-state index contributed by atoms with van der Waals surface area (Å²) in [6.07, 6.45) is 3.22. The zero-order chi connectivity index (χ0) is 20.9. The van der Waals surface area contributed by atoms with Crippen LogP contribution in [-0.2, 0) is 4.79 Å². The highest BCUT2D eigenvalue weighted by Crippen LogP contribution is 2.22. The van der Waals surface area contributed by atoms with E-state index in [-0.39, 0.29) is 30.3 Å². The van der Waals surface area contributed by atoms with Crippen molar-refractivity contribution in [2.45, 2.75) is 31.7 Å². The van der Waals surface area contributed by atoms with Gasteiger partial charge in [0.2, 0.25) is 5.91 Å². The van der Waals surface area contributed by atoms with Crippen molar-refractivity contribution in [1.82, 2.24) is 10.2 Å². The lowest BCUT2D eigenvalue weighted by atomic mass is 10.1. The van der Waals surface area contributed by atoms with Crippen molar-refractivity contribution in [3.05, 3.63) is 71.3 Å². The summed E-state index contributed by atoms with van der Waals surface area (Å²) < 4.78 is 0. The first-order chi connectivity index (χ1) is 14.6. The van der Waals surface area contributed by atoms with Crippen LogP contribution in [0.5, 0.6) is 0 Å². The van der Waals surface area contributed by atoms with E-state index in [9.17, 15) is 14.4 Å². The van der Waals surface area contributed by atoms with Crippen molar-refractivity contribution in [1.29, 1.82) is 0 Å². The molecule has 0 spiro atoms. The molecule has 2 aliphatic rings. The van der Waals surface area contributed by atoms with Crippen molar-refractivity contribution in [2.75, 3.05) is 26.2 Å². The quantitative estimate of drug-likeness (QED) is 0.654. The topological polar surface area (TPSA) is 70.9 Å². The molecule has 2 aromatic rings. The normalized spacial score (nSPS) is 17.3. The number of imide groups is 1. The minimum atomic E-state index is -0.266. The Kier molecular flexibility index (Phi) is 6.23. The van der Waals surface area contributed by atoms with Crippen LogP contribution >= 0.6 is 0 Å². The van der Waals surface area contributed by atoms with Gasteiger partial charge in [0, 0.05) is 31.4 Å². The fourth-order valence-electron chi connectivity index (χ4n) is 4.51. The van der Waals surface area contributed by atoms with Crippen molar-refractivity contribution in [3.63, 3.8) is 0 Å². The summed E-state index contributed by atoms with van der Waals surface area (Å²) in [5.41, 5.74) is 2.15. The molecule has 6 nitrogen and oxygen atoms in total. The van der Waals surface area contributed by atoms with Crippen LogP contribution in [0.3, 0.4) is 0 Å². The Hall–Kier alpha value is -2.99. The number of likely N-dealkylation sites (tertiary alicyclic amines) is 1. The molecular formula is C24H28N3O3+. The second-order valence-corrected chi connectivity index (χ2v) is 8.04. The number of carbonyl (C=O) groups is 3. The van der Waals surface area contributed by atoms with Crippen LogP contribution in [0.25, 0.3) is 0 Å². The predicted octanol–water partition coefficient (Wildman–Crippen LogP) is 1.60. The van der Waals surface area contributed by atoms with Crippen molar-refractivity contribution >= 4 is 17.7 Å². The van der Waals surface area contributed by atoms with E-state index in [4.69, 9.17) is 0 Å². The molecule has 0 aromatic heterocycles.